The van der Waals surface area contributed by atoms with Crippen LogP contribution in [0.3, 0.4) is 0 Å². The van der Waals surface area contributed by atoms with Crippen LogP contribution in [0, 0.1) is 6.92 Å². The number of nitrogens with one attached hydrogen (secondary N) is 1. The summed E-state index contributed by atoms with van der Waals surface area (Å²) in [6.45, 7) is 3.88. The van der Waals surface area contributed by atoms with Gasteiger partial charge in [0, 0.05) is 17.2 Å². The van der Waals surface area contributed by atoms with Gasteiger partial charge in [-0.25, -0.2) is 4.98 Å². The first-order valence-electron chi connectivity index (χ1n) is 7.63. The fourth-order valence-corrected chi connectivity index (χ4v) is 3.09. The average Bonchev–Trinajstić information content (AvgIpc) is 3.04. The molecule has 0 spiro atoms. The first kappa shape index (κ1) is 16.3. The Kier molecular flexibility index (Phi) is 4.96. The summed E-state index contributed by atoms with van der Waals surface area (Å²) in [5.41, 5.74) is 1.08. The molecule has 6 heteroatoms. The van der Waals surface area contributed by atoms with Crippen LogP contribution in [-0.4, -0.2) is 25.9 Å². The predicted octanol–water partition coefficient (Wildman–Crippen LogP) is 3.70. The lowest BCUT2D eigenvalue weighted by Gasteiger charge is -2.13. The summed E-state index contributed by atoms with van der Waals surface area (Å²) < 4.78 is 1.63. The summed E-state index contributed by atoms with van der Waals surface area (Å²) in [5.74, 6) is 1.22. The quantitative estimate of drug-likeness (QED) is 0.721. The third-order valence-electron chi connectivity index (χ3n) is 3.44. The highest BCUT2D eigenvalue weighted by Crippen LogP contribution is 2.24. The van der Waals surface area contributed by atoms with Gasteiger partial charge < -0.3 is 5.32 Å². The maximum atomic E-state index is 12.5. The van der Waals surface area contributed by atoms with E-state index in [2.05, 4.69) is 15.4 Å². The minimum absolute atomic E-state index is 0.0711. The molecule has 2 aromatic heterocycles. The van der Waals surface area contributed by atoms with Gasteiger partial charge in [0.2, 0.25) is 5.91 Å². The molecular weight excluding hydrogens is 320 g/mol. The summed E-state index contributed by atoms with van der Waals surface area (Å²) in [5, 5.41) is 6.96. The summed E-state index contributed by atoms with van der Waals surface area (Å²) in [6, 6.07) is 15.5. The van der Waals surface area contributed by atoms with Gasteiger partial charge in [-0.1, -0.05) is 18.2 Å². The van der Waals surface area contributed by atoms with Crippen LogP contribution in [0.2, 0.25) is 0 Å². The third kappa shape index (κ3) is 3.83. The smallest absolute Gasteiger partial charge is 0.238 e. The van der Waals surface area contributed by atoms with E-state index < -0.39 is 0 Å². The van der Waals surface area contributed by atoms with Gasteiger partial charge in [0.1, 0.15) is 5.82 Å². The highest BCUT2D eigenvalue weighted by atomic mass is 32.2. The van der Waals surface area contributed by atoms with Gasteiger partial charge in [0.05, 0.1) is 11.4 Å². The molecule has 0 fully saturated rings. The highest BCUT2D eigenvalue weighted by molar-refractivity contribution is 8.00. The lowest BCUT2D eigenvalue weighted by Crippen LogP contribution is -2.24. The second-order valence-corrected chi connectivity index (χ2v) is 6.80. The topological polar surface area (TPSA) is 59.8 Å². The van der Waals surface area contributed by atoms with Crippen molar-refractivity contribution in [2.75, 3.05) is 5.32 Å². The maximum Gasteiger partial charge on any atom is 0.238 e. The molecule has 0 saturated heterocycles. The van der Waals surface area contributed by atoms with Crippen molar-refractivity contribution in [1.29, 1.82) is 0 Å². The average molecular weight is 338 g/mol. The fourth-order valence-electron chi connectivity index (χ4n) is 2.20. The van der Waals surface area contributed by atoms with E-state index in [1.807, 2.05) is 56.3 Å². The molecule has 1 aromatic carbocycles. The Bertz CT molecular complexity index is 832. The van der Waals surface area contributed by atoms with E-state index >= 15 is 0 Å². The van der Waals surface area contributed by atoms with Crippen molar-refractivity contribution in [3.63, 3.8) is 0 Å². The fraction of sp³-hybridized carbons (Fsp3) is 0.167. The standard InChI is InChI=1S/C18H18N4OS/c1-13-8-10-19-17(12-13)22-16(9-11-20-22)21-18(23)14(2)24-15-6-4-3-5-7-15/h3-12,14H,1-2H3,(H,21,23)/t14-/m0/s1. The molecule has 0 aliphatic heterocycles. The van der Waals surface area contributed by atoms with Crippen LogP contribution in [0.5, 0.6) is 0 Å². The van der Waals surface area contributed by atoms with Crippen LogP contribution in [0.15, 0.2) is 65.8 Å². The number of thioether (sulfide) groups is 1. The molecule has 1 amide bonds. The number of hydrogen-bond donors (Lipinski definition) is 1. The van der Waals surface area contributed by atoms with Crippen molar-refractivity contribution in [3.8, 4) is 5.82 Å². The van der Waals surface area contributed by atoms with Crippen LogP contribution in [0.25, 0.3) is 5.82 Å². The Labute approximate surface area is 145 Å². The Morgan fingerprint density at radius 2 is 1.96 bits per heavy atom. The molecule has 0 radical (unpaired) electrons. The van der Waals surface area contributed by atoms with Crippen LogP contribution in [0.1, 0.15) is 12.5 Å². The van der Waals surface area contributed by atoms with Crippen molar-refractivity contribution >= 4 is 23.5 Å². The number of amides is 1. The van der Waals surface area contributed by atoms with Crippen molar-refractivity contribution in [1.82, 2.24) is 14.8 Å². The number of pyridine rings is 1. The lowest BCUT2D eigenvalue weighted by atomic mass is 10.3. The Morgan fingerprint density at radius 1 is 1.17 bits per heavy atom. The zero-order valence-corrected chi connectivity index (χ0v) is 14.3. The minimum atomic E-state index is -0.221. The summed E-state index contributed by atoms with van der Waals surface area (Å²) >= 11 is 1.52. The van der Waals surface area contributed by atoms with Crippen LogP contribution >= 0.6 is 11.8 Å². The van der Waals surface area contributed by atoms with Crippen molar-refractivity contribution in [2.45, 2.75) is 24.0 Å². The molecule has 0 unspecified atom stereocenters. The molecule has 122 valence electrons. The van der Waals surface area contributed by atoms with E-state index in [4.69, 9.17) is 0 Å². The van der Waals surface area contributed by atoms with E-state index in [1.54, 1.807) is 23.1 Å². The van der Waals surface area contributed by atoms with Gasteiger partial charge >= 0.3 is 0 Å². The summed E-state index contributed by atoms with van der Waals surface area (Å²) in [4.78, 5) is 17.8. The van der Waals surface area contributed by atoms with Gasteiger partial charge in [-0.2, -0.15) is 9.78 Å². The van der Waals surface area contributed by atoms with E-state index in [0.29, 0.717) is 11.6 Å². The van der Waals surface area contributed by atoms with Crippen molar-refractivity contribution in [3.05, 3.63) is 66.5 Å². The molecule has 2 heterocycles. The molecule has 0 aliphatic rings. The third-order valence-corrected chi connectivity index (χ3v) is 4.55. The zero-order valence-electron chi connectivity index (χ0n) is 13.5. The van der Waals surface area contributed by atoms with Gasteiger partial charge in [0.25, 0.3) is 0 Å². The SMILES string of the molecule is Cc1ccnc(-n2nccc2NC(=O)[C@H](C)Sc2ccccc2)c1. The number of carbonyl (C=O) groups is 1. The number of nitrogens with zero attached hydrogens (tertiary/aromatic N) is 3. The number of benzene rings is 1. The molecule has 24 heavy (non-hydrogen) atoms. The van der Waals surface area contributed by atoms with Crippen LogP contribution < -0.4 is 5.32 Å². The van der Waals surface area contributed by atoms with E-state index in [1.165, 1.54) is 11.8 Å². The van der Waals surface area contributed by atoms with Crippen LogP contribution in [-0.2, 0) is 4.79 Å². The summed E-state index contributed by atoms with van der Waals surface area (Å²) in [7, 11) is 0. The number of carbonyl (C=O) groups excluding carboxylic acids is 1. The molecule has 3 rings (SSSR count). The first-order chi connectivity index (χ1) is 11.6. The largest absolute Gasteiger partial charge is 0.310 e. The van der Waals surface area contributed by atoms with E-state index in [9.17, 15) is 4.79 Å². The lowest BCUT2D eigenvalue weighted by molar-refractivity contribution is -0.115. The van der Waals surface area contributed by atoms with Gasteiger partial charge in [0.15, 0.2) is 5.82 Å². The molecule has 0 saturated carbocycles. The Balaban J connectivity index is 1.72. The number of aromatic nitrogens is 3. The number of aryl methyl sites for hydroxylation is 1. The van der Waals surface area contributed by atoms with Crippen LogP contribution in [0.4, 0.5) is 5.82 Å². The minimum Gasteiger partial charge on any atom is -0.310 e. The van der Waals surface area contributed by atoms with E-state index in [-0.39, 0.29) is 11.2 Å². The molecule has 0 bridgehead atoms. The number of anilines is 1. The Hall–Kier alpha value is -2.60. The second-order valence-electron chi connectivity index (χ2n) is 5.38. The highest BCUT2D eigenvalue weighted by Gasteiger charge is 2.17. The van der Waals surface area contributed by atoms with Gasteiger partial charge in [-0.05, 0) is 43.7 Å². The van der Waals surface area contributed by atoms with E-state index in [0.717, 1.165) is 10.5 Å². The molecule has 1 N–H and O–H groups in total. The van der Waals surface area contributed by atoms with Crippen molar-refractivity contribution in [2.24, 2.45) is 0 Å². The second kappa shape index (κ2) is 7.31. The van der Waals surface area contributed by atoms with Crippen molar-refractivity contribution < 1.29 is 4.79 Å². The number of hydrogen-bond acceptors (Lipinski definition) is 4. The monoisotopic (exact) mass is 338 g/mol. The molecule has 3 aromatic rings. The predicted molar refractivity (Wildman–Crippen MR) is 96.5 cm³/mol. The number of rotatable bonds is 5. The molecular formula is C18H18N4OS. The summed E-state index contributed by atoms with van der Waals surface area (Å²) in [6.07, 6.45) is 3.38. The normalized spacial score (nSPS) is 11.9. The molecule has 1 atom stereocenters. The molecule has 5 nitrogen and oxygen atoms in total. The molecule has 0 aliphatic carbocycles. The Morgan fingerprint density at radius 3 is 2.71 bits per heavy atom. The maximum absolute atomic E-state index is 12.5. The zero-order chi connectivity index (χ0) is 16.9. The van der Waals surface area contributed by atoms with Gasteiger partial charge in [-0.3, -0.25) is 4.79 Å². The first-order valence-corrected chi connectivity index (χ1v) is 8.51. The van der Waals surface area contributed by atoms with Gasteiger partial charge in [-0.15, -0.1) is 11.8 Å².